The van der Waals surface area contributed by atoms with Gasteiger partial charge in [-0.1, -0.05) is 6.92 Å². The minimum Gasteiger partial charge on any atom is -0.373 e. The second kappa shape index (κ2) is 4.53. The minimum atomic E-state index is -0.187. The minimum absolute atomic E-state index is 0.0854. The van der Waals surface area contributed by atoms with Crippen LogP contribution in [0.4, 0.5) is 5.82 Å². The van der Waals surface area contributed by atoms with Gasteiger partial charge in [-0.15, -0.1) is 0 Å². The molecule has 1 N–H and O–H groups in total. The van der Waals surface area contributed by atoms with Gasteiger partial charge < -0.3 is 5.32 Å². The van der Waals surface area contributed by atoms with Crippen molar-refractivity contribution in [3.8, 4) is 0 Å². The highest BCUT2D eigenvalue weighted by Crippen LogP contribution is 2.21. The molecular formula is C12H15N3O2. The Hall–Kier alpha value is -1.91. The van der Waals surface area contributed by atoms with E-state index in [0.717, 1.165) is 11.4 Å². The summed E-state index contributed by atoms with van der Waals surface area (Å²) in [6.07, 6.45) is 1.98. The Bertz CT molecular complexity index is 459. The van der Waals surface area contributed by atoms with Crippen LogP contribution in [0.15, 0.2) is 18.3 Å². The van der Waals surface area contributed by atoms with E-state index in [1.165, 1.54) is 4.90 Å². The molecule has 1 aliphatic rings. The van der Waals surface area contributed by atoms with Gasteiger partial charge in [-0.2, -0.15) is 0 Å². The van der Waals surface area contributed by atoms with Crippen molar-refractivity contribution in [1.29, 1.82) is 0 Å². The molecule has 0 aliphatic carbocycles. The molecule has 1 saturated heterocycles. The van der Waals surface area contributed by atoms with Crippen LogP contribution in [0, 0.1) is 5.92 Å². The Morgan fingerprint density at radius 1 is 1.53 bits per heavy atom. The molecule has 1 atom stereocenters. The molecule has 1 aromatic heterocycles. The zero-order chi connectivity index (χ0) is 12.4. The Morgan fingerprint density at radius 2 is 2.29 bits per heavy atom. The van der Waals surface area contributed by atoms with Crippen LogP contribution in [0.1, 0.15) is 18.9 Å². The van der Waals surface area contributed by atoms with Crippen molar-refractivity contribution < 1.29 is 9.59 Å². The highest BCUT2D eigenvalue weighted by Gasteiger charge is 2.35. The standard InChI is InChI=1S/C12H15N3O2/c1-8-5-11(16)15(12(8)17)7-9-3-4-14-10(6-9)13-2/h3-4,6,8H,5,7H2,1-2H3,(H,13,14). The van der Waals surface area contributed by atoms with E-state index in [0.29, 0.717) is 13.0 Å². The van der Waals surface area contributed by atoms with Crippen molar-refractivity contribution in [3.05, 3.63) is 23.9 Å². The first kappa shape index (κ1) is 11.6. The number of hydrogen-bond donors (Lipinski definition) is 1. The van der Waals surface area contributed by atoms with Crippen LogP contribution < -0.4 is 5.32 Å². The summed E-state index contributed by atoms with van der Waals surface area (Å²) in [6, 6.07) is 3.65. The number of imide groups is 1. The maximum absolute atomic E-state index is 11.7. The third-order valence-corrected chi connectivity index (χ3v) is 2.89. The van der Waals surface area contributed by atoms with Crippen LogP contribution in [-0.4, -0.2) is 28.7 Å². The van der Waals surface area contributed by atoms with Gasteiger partial charge in [0.25, 0.3) is 0 Å². The third kappa shape index (κ3) is 2.27. The largest absolute Gasteiger partial charge is 0.373 e. The first-order valence-electron chi connectivity index (χ1n) is 5.58. The van der Waals surface area contributed by atoms with Gasteiger partial charge in [-0.25, -0.2) is 4.98 Å². The Balaban J connectivity index is 2.15. The average Bonchev–Trinajstić information content (AvgIpc) is 2.56. The van der Waals surface area contributed by atoms with Crippen LogP contribution in [-0.2, 0) is 16.1 Å². The predicted octanol–water partition coefficient (Wildman–Crippen LogP) is 1.02. The van der Waals surface area contributed by atoms with E-state index in [2.05, 4.69) is 10.3 Å². The fraction of sp³-hybridized carbons (Fsp3) is 0.417. The van der Waals surface area contributed by atoms with Crippen LogP contribution in [0.3, 0.4) is 0 Å². The Labute approximate surface area is 99.8 Å². The molecule has 5 nitrogen and oxygen atoms in total. The van der Waals surface area contributed by atoms with Crippen LogP contribution in [0.25, 0.3) is 0 Å². The van der Waals surface area contributed by atoms with Crippen LogP contribution in [0.2, 0.25) is 0 Å². The van der Waals surface area contributed by atoms with E-state index in [-0.39, 0.29) is 17.7 Å². The topological polar surface area (TPSA) is 62.3 Å². The van der Waals surface area contributed by atoms with E-state index in [4.69, 9.17) is 0 Å². The number of aromatic nitrogens is 1. The van der Waals surface area contributed by atoms with Gasteiger partial charge >= 0.3 is 0 Å². The number of rotatable bonds is 3. The molecule has 90 valence electrons. The van der Waals surface area contributed by atoms with Gasteiger partial charge in [0, 0.05) is 25.6 Å². The van der Waals surface area contributed by atoms with Gasteiger partial charge in [0.15, 0.2) is 0 Å². The summed E-state index contributed by atoms with van der Waals surface area (Å²) in [5.74, 6) is 0.367. The molecule has 0 saturated carbocycles. The zero-order valence-electron chi connectivity index (χ0n) is 9.93. The summed E-state index contributed by atoms with van der Waals surface area (Å²) in [4.78, 5) is 28.8. The SMILES string of the molecule is CNc1cc(CN2C(=O)CC(C)C2=O)ccn1. The molecule has 5 heteroatoms. The summed E-state index contributed by atoms with van der Waals surface area (Å²) in [5.41, 5.74) is 0.903. The molecule has 1 aliphatic heterocycles. The lowest BCUT2D eigenvalue weighted by atomic mass is 10.1. The maximum Gasteiger partial charge on any atom is 0.232 e. The molecule has 0 spiro atoms. The van der Waals surface area contributed by atoms with Crippen LogP contribution in [0.5, 0.6) is 0 Å². The number of nitrogens with one attached hydrogen (secondary N) is 1. The van der Waals surface area contributed by atoms with Gasteiger partial charge in [0.05, 0.1) is 6.54 Å². The number of nitrogens with zero attached hydrogens (tertiary/aromatic N) is 2. The lowest BCUT2D eigenvalue weighted by Gasteiger charge is -2.14. The van der Waals surface area contributed by atoms with Gasteiger partial charge in [-0.3, -0.25) is 14.5 Å². The molecule has 1 unspecified atom stereocenters. The smallest absolute Gasteiger partial charge is 0.232 e. The van der Waals surface area contributed by atoms with E-state index in [1.54, 1.807) is 20.2 Å². The Kier molecular flexibility index (Phi) is 3.08. The van der Waals surface area contributed by atoms with Crippen LogP contribution >= 0.6 is 0 Å². The highest BCUT2D eigenvalue weighted by molar-refractivity contribution is 6.03. The summed E-state index contributed by atoms with van der Waals surface area (Å²) >= 11 is 0. The second-order valence-corrected chi connectivity index (χ2v) is 4.22. The third-order valence-electron chi connectivity index (χ3n) is 2.89. The van der Waals surface area contributed by atoms with E-state index in [9.17, 15) is 9.59 Å². The highest BCUT2D eigenvalue weighted by atomic mass is 16.2. The number of carbonyl (C=O) groups excluding carboxylic acids is 2. The normalized spacial score (nSPS) is 19.9. The number of hydrogen-bond acceptors (Lipinski definition) is 4. The summed E-state index contributed by atoms with van der Waals surface area (Å²) in [5, 5.41) is 2.92. The van der Waals surface area contributed by atoms with Crippen molar-refractivity contribution in [3.63, 3.8) is 0 Å². The molecule has 0 aromatic carbocycles. The summed E-state index contributed by atoms with van der Waals surface area (Å²) in [7, 11) is 1.78. The number of amides is 2. The molecule has 1 fully saturated rings. The van der Waals surface area contributed by atoms with Crippen molar-refractivity contribution >= 4 is 17.6 Å². The molecule has 0 radical (unpaired) electrons. The molecule has 17 heavy (non-hydrogen) atoms. The van der Waals surface area contributed by atoms with Crippen molar-refractivity contribution in [2.75, 3.05) is 12.4 Å². The lowest BCUT2D eigenvalue weighted by molar-refractivity contribution is -0.139. The molecular weight excluding hydrogens is 218 g/mol. The monoisotopic (exact) mass is 233 g/mol. The number of carbonyl (C=O) groups is 2. The van der Waals surface area contributed by atoms with Crippen molar-refractivity contribution in [1.82, 2.24) is 9.88 Å². The fourth-order valence-electron chi connectivity index (χ4n) is 1.91. The van der Waals surface area contributed by atoms with Crippen molar-refractivity contribution in [2.24, 2.45) is 5.92 Å². The van der Waals surface area contributed by atoms with Gasteiger partial charge in [0.2, 0.25) is 11.8 Å². The first-order chi connectivity index (χ1) is 8.11. The van der Waals surface area contributed by atoms with E-state index in [1.807, 2.05) is 12.1 Å². The van der Waals surface area contributed by atoms with Crippen molar-refractivity contribution in [2.45, 2.75) is 19.9 Å². The first-order valence-corrected chi connectivity index (χ1v) is 5.58. The maximum atomic E-state index is 11.7. The average molecular weight is 233 g/mol. The lowest BCUT2D eigenvalue weighted by Crippen LogP contribution is -2.29. The van der Waals surface area contributed by atoms with Gasteiger partial charge in [0.1, 0.15) is 5.82 Å². The number of likely N-dealkylation sites (tertiary alicyclic amines) is 1. The molecule has 2 heterocycles. The number of anilines is 1. The van der Waals surface area contributed by atoms with E-state index >= 15 is 0 Å². The molecule has 2 amide bonds. The quantitative estimate of drug-likeness (QED) is 0.792. The Morgan fingerprint density at radius 3 is 2.88 bits per heavy atom. The fourth-order valence-corrected chi connectivity index (χ4v) is 1.91. The zero-order valence-corrected chi connectivity index (χ0v) is 9.93. The molecule has 2 rings (SSSR count). The molecule has 0 bridgehead atoms. The second-order valence-electron chi connectivity index (χ2n) is 4.22. The summed E-state index contributed by atoms with van der Waals surface area (Å²) < 4.78 is 0. The van der Waals surface area contributed by atoms with Gasteiger partial charge in [-0.05, 0) is 17.7 Å². The predicted molar refractivity (Wildman–Crippen MR) is 63.1 cm³/mol. The summed E-state index contributed by atoms with van der Waals surface area (Å²) in [6.45, 7) is 2.12. The molecule has 1 aromatic rings. The van der Waals surface area contributed by atoms with E-state index < -0.39 is 0 Å². The number of pyridine rings is 1.